The van der Waals surface area contributed by atoms with Gasteiger partial charge in [-0.25, -0.2) is 9.59 Å². The van der Waals surface area contributed by atoms with Gasteiger partial charge in [0, 0.05) is 27.2 Å². The fourth-order valence-corrected chi connectivity index (χ4v) is 3.14. The van der Waals surface area contributed by atoms with Gasteiger partial charge in [0.05, 0.1) is 30.0 Å². The van der Waals surface area contributed by atoms with Crippen molar-refractivity contribution in [3.63, 3.8) is 0 Å². The zero-order chi connectivity index (χ0) is 19.4. The van der Waals surface area contributed by atoms with Crippen molar-refractivity contribution in [3.8, 4) is 0 Å². The van der Waals surface area contributed by atoms with Crippen molar-refractivity contribution < 1.29 is 24.2 Å². The molecule has 2 amide bonds. The summed E-state index contributed by atoms with van der Waals surface area (Å²) < 4.78 is 4.72. The molecule has 1 saturated heterocycles. The molecule has 26 heavy (non-hydrogen) atoms. The predicted octanol–water partition coefficient (Wildman–Crippen LogP) is 2.11. The van der Waals surface area contributed by atoms with E-state index in [0.717, 1.165) is 0 Å². The van der Waals surface area contributed by atoms with E-state index in [4.69, 9.17) is 4.74 Å². The molecular formula is C18H25N3O5. The number of urea groups is 1. The molecule has 0 bridgehead atoms. The van der Waals surface area contributed by atoms with Crippen LogP contribution in [0.5, 0.6) is 0 Å². The predicted molar refractivity (Wildman–Crippen MR) is 97.6 cm³/mol. The van der Waals surface area contributed by atoms with Gasteiger partial charge >= 0.3 is 18.0 Å². The van der Waals surface area contributed by atoms with E-state index in [1.54, 1.807) is 37.2 Å². The Morgan fingerprint density at radius 1 is 1.27 bits per heavy atom. The summed E-state index contributed by atoms with van der Waals surface area (Å²) in [5, 5.41) is 12.1. The number of methoxy groups -OCH3 is 1. The number of carboxylic acids is 1. The number of carboxylic acid groups (broad SMARTS) is 1. The summed E-state index contributed by atoms with van der Waals surface area (Å²) >= 11 is 0. The summed E-state index contributed by atoms with van der Waals surface area (Å²) in [5.41, 5.74) is 1.57. The molecular weight excluding hydrogens is 338 g/mol. The van der Waals surface area contributed by atoms with E-state index < -0.39 is 17.9 Å². The molecule has 0 aromatic heterocycles. The van der Waals surface area contributed by atoms with Gasteiger partial charge in [0.2, 0.25) is 0 Å². The van der Waals surface area contributed by atoms with E-state index in [1.807, 2.05) is 6.92 Å². The van der Waals surface area contributed by atoms with E-state index in [-0.39, 0.29) is 18.5 Å². The van der Waals surface area contributed by atoms with E-state index in [1.165, 1.54) is 12.0 Å². The fourth-order valence-electron chi connectivity index (χ4n) is 3.14. The number of nitrogens with zero attached hydrogens (tertiary/aromatic N) is 2. The number of benzene rings is 1. The average molecular weight is 363 g/mol. The number of anilines is 2. The Balaban J connectivity index is 2.20. The monoisotopic (exact) mass is 363 g/mol. The van der Waals surface area contributed by atoms with Gasteiger partial charge < -0.3 is 25.0 Å². The van der Waals surface area contributed by atoms with Crippen molar-refractivity contribution in [3.05, 3.63) is 23.8 Å². The molecule has 0 saturated carbocycles. The second kappa shape index (κ2) is 8.07. The molecule has 2 atom stereocenters. The van der Waals surface area contributed by atoms with E-state index >= 15 is 0 Å². The Morgan fingerprint density at radius 2 is 1.96 bits per heavy atom. The zero-order valence-corrected chi connectivity index (χ0v) is 15.5. The van der Waals surface area contributed by atoms with Gasteiger partial charge in [-0.1, -0.05) is 6.92 Å². The molecule has 1 aliphatic heterocycles. The highest BCUT2D eigenvalue weighted by Gasteiger charge is 2.32. The van der Waals surface area contributed by atoms with E-state index in [0.29, 0.717) is 29.9 Å². The third kappa shape index (κ3) is 4.44. The Kier molecular flexibility index (Phi) is 6.07. The van der Waals surface area contributed by atoms with Gasteiger partial charge in [-0.3, -0.25) is 4.79 Å². The molecule has 2 rings (SSSR count). The standard InChI is InChI=1S/C18H25N3O5/c1-11-7-13(16(22)23)10-21(9-11)18(25)19-14-6-5-12(17(24)26-4)8-15(14)20(2)3/h5-6,8,11,13H,7,9-10H2,1-4H3,(H,19,25)(H,22,23). The summed E-state index contributed by atoms with van der Waals surface area (Å²) in [6, 6.07) is 4.51. The third-order valence-electron chi connectivity index (χ3n) is 4.44. The van der Waals surface area contributed by atoms with Crippen molar-refractivity contribution >= 4 is 29.3 Å². The number of carbonyl (C=O) groups excluding carboxylic acids is 2. The fraction of sp³-hybridized carbons (Fsp3) is 0.500. The maximum absolute atomic E-state index is 12.6. The van der Waals surface area contributed by atoms with E-state index in [9.17, 15) is 19.5 Å². The molecule has 1 aromatic rings. The lowest BCUT2D eigenvalue weighted by molar-refractivity contribution is -0.143. The molecule has 0 aliphatic carbocycles. The first kappa shape index (κ1) is 19.6. The van der Waals surface area contributed by atoms with Crippen LogP contribution in [0.1, 0.15) is 23.7 Å². The minimum atomic E-state index is -0.884. The molecule has 8 nitrogen and oxygen atoms in total. The number of carbonyl (C=O) groups is 3. The number of piperidine rings is 1. The van der Waals surface area contributed by atoms with Crippen LogP contribution in [0, 0.1) is 11.8 Å². The summed E-state index contributed by atoms with van der Waals surface area (Å²) in [4.78, 5) is 39.0. The molecule has 1 fully saturated rings. The van der Waals surface area contributed by atoms with Gasteiger partial charge in [0.15, 0.2) is 0 Å². The number of hydrogen-bond donors (Lipinski definition) is 2. The van der Waals surface area contributed by atoms with Crippen LogP contribution in [0.25, 0.3) is 0 Å². The summed E-state index contributed by atoms with van der Waals surface area (Å²) in [7, 11) is 4.91. The minimum absolute atomic E-state index is 0.116. The van der Waals surface area contributed by atoms with Gasteiger partial charge in [0.25, 0.3) is 0 Å². The lowest BCUT2D eigenvalue weighted by Crippen LogP contribution is -2.47. The molecule has 1 aromatic carbocycles. The number of rotatable bonds is 4. The highest BCUT2D eigenvalue weighted by Crippen LogP contribution is 2.28. The smallest absolute Gasteiger partial charge is 0.337 e. The van der Waals surface area contributed by atoms with Gasteiger partial charge in [-0.15, -0.1) is 0 Å². The van der Waals surface area contributed by atoms with Crippen molar-refractivity contribution in [2.24, 2.45) is 11.8 Å². The summed E-state index contributed by atoms with van der Waals surface area (Å²) in [6.07, 6.45) is 0.565. The SMILES string of the molecule is COC(=O)c1ccc(NC(=O)N2CC(C)CC(C(=O)O)C2)c(N(C)C)c1. The molecule has 1 heterocycles. The first-order valence-electron chi connectivity index (χ1n) is 8.41. The summed E-state index contributed by atoms with van der Waals surface area (Å²) in [6.45, 7) is 2.63. The lowest BCUT2D eigenvalue weighted by Gasteiger charge is -2.34. The van der Waals surface area contributed by atoms with Crippen LogP contribution >= 0.6 is 0 Å². The molecule has 1 aliphatic rings. The summed E-state index contributed by atoms with van der Waals surface area (Å²) in [5.74, 6) is -1.78. The molecule has 2 N–H and O–H groups in total. The van der Waals surface area contributed by atoms with Crippen molar-refractivity contribution in [2.75, 3.05) is 44.5 Å². The van der Waals surface area contributed by atoms with E-state index in [2.05, 4.69) is 5.32 Å². The molecule has 8 heteroatoms. The van der Waals surface area contributed by atoms with Crippen LogP contribution in [0.2, 0.25) is 0 Å². The first-order chi connectivity index (χ1) is 12.2. The second-order valence-electron chi connectivity index (χ2n) is 6.83. The molecule has 142 valence electrons. The van der Waals surface area contributed by atoms with Gasteiger partial charge in [0.1, 0.15) is 0 Å². The number of hydrogen-bond acceptors (Lipinski definition) is 5. The van der Waals surface area contributed by atoms with Crippen LogP contribution in [-0.4, -0.2) is 62.3 Å². The third-order valence-corrected chi connectivity index (χ3v) is 4.44. The largest absolute Gasteiger partial charge is 0.481 e. The Hall–Kier alpha value is -2.77. The van der Waals surface area contributed by atoms with Crippen molar-refractivity contribution in [1.29, 1.82) is 0 Å². The van der Waals surface area contributed by atoms with Crippen molar-refractivity contribution in [2.45, 2.75) is 13.3 Å². The number of ether oxygens (including phenoxy) is 1. The van der Waals surface area contributed by atoms with Gasteiger partial charge in [-0.05, 0) is 30.5 Å². The average Bonchev–Trinajstić information content (AvgIpc) is 2.60. The number of aliphatic carboxylic acids is 1. The number of esters is 1. The van der Waals surface area contributed by atoms with Crippen LogP contribution in [0.3, 0.4) is 0 Å². The normalized spacial score (nSPS) is 19.6. The maximum Gasteiger partial charge on any atom is 0.337 e. The second-order valence-corrected chi connectivity index (χ2v) is 6.83. The first-order valence-corrected chi connectivity index (χ1v) is 8.41. The number of likely N-dealkylation sites (tertiary alicyclic amines) is 1. The quantitative estimate of drug-likeness (QED) is 0.795. The molecule has 2 unspecified atom stereocenters. The Labute approximate surface area is 152 Å². The molecule has 0 spiro atoms. The number of nitrogens with one attached hydrogen (secondary N) is 1. The van der Waals surface area contributed by atoms with Crippen LogP contribution < -0.4 is 10.2 Å². The topological polar surface area (TPSA) is 99.2 Å². The van der Waals surface area contributed by atoms with Gasteiger partial charge in [-0.2, -0.15) is 0 Å². The van der Waals surface area contributed by atoms with Crippen molar-refractivity contribution in [1.82, 2.24) is 4.90 Å². The lowest BCUT2D eigenvalue weighted by atomic mass is 9.91. The minimum Gasteiger partial charge on any atom is -0.481 e. The molecule has 0 radical (unpaired) electrons. The Bertz CT molecular complexity index is 704. The van der Waals surface area contributed by atoms with Crippen LogP contribution in [-0.2, 0) is 9.53 Å². The highest BCUT2D eigenvalue weighted by molar-refractivity contribution is 5.97. The zero-order valence-electron chi connectivity index (χ0n) is 15.5. The van der Waals surface area contributed by atoms with Crippen LogP contribution in [0.15, 0.2) is 18.2 Å². The van der Waals surface area contributed by atoms with Crippen LogP contribution in [0.4, 0.5) is 16.2 Å². The Morgan fingerprint density at radius 3 is 2.54 bits per heavy atom. The number of amides is 2. The maximum atomic E-state index is 12.6. The highest BCUT2D eigenvalue weighted by atomic mass is 16.5.